The largest absolute Gasteiger partial charge is 0.335 e. The average Bonchev–Trinajstić information content (AvgIpc) is 3.15. The van der Waals surface area contributed by atoms with Crippen LogP contribution in [-0.2, 0) is 20.1 Å². The van der Waals surface area contributed by atoms with Crippen molar-refractivity contribution in [2.45, 2.75) is 0 Å². The number of rotatable bonds is 2. The third-order valence-corrected chi connectivity index (χ3v) is 4.13. The van der Waals surface area contributed by atoms with Gasteiger partial charge in [0.05, 0.1) is 11.3 Å². The van der Waals surface area contributed by atoms with Gasteiger partial charge in [-0.25, -0.2) is 8.78 Å². The Balaban J connectivity index is 0.00000156. The van der Waals surface area contributed by atoms with Crippen molar-refractivity contribution in [2.75, 3.05) is 0 Å². The van der Waals surface area contributed by atoms with E-state index in [1.807, 2.05) is 6.07 Å². The minimum absolute atomic E-state index is 0. The Hall–Kier alpha value is -1.95. The van der Waals surface area contributed by atoms with E-state index in [-0.39, 0.29) is 25.8 Å². The average molecular weight is 505 g/mol. The molecule has 0 spiro atoms. The zero-order valence-electron chi connectivity index (χ0n) is 11.5. The van der Waals surface area contributed by atoms with E-state index >= 15 is 0 Å². The third kappa shape index (κ3) is 2.61. The maximum atomic E-state index is 14.1. The van der Waals surface area contributed by atoms with Gasteiger partial charge in [0.1, 0.15) is 17.3 Å². The Kier molecular flexibility index (Phi) is 4.35. The molecular weight excluding hydrogens is 496 g/mol. The summed E-state index contributed by atoms with van der Waals surface area (Å²) in [5, 5.41) is 0. The number of nitrogens with zero attached hydrogens (tertiary/aromatic N) is 3. The van der Waals surface area contributed by atoms with Crippen molar-refractivity contribution in [3.05, 3.63) is 65.9 Å². The summed E-state index contributed by atoms with van der Waals surface area (Å²) in [6.45, 7) is 0. The number of hydrogen-bond donors (Lipinski definition) is 0. The summed E-state index contributed by atoms with van der Waals surface area (Å²) in [5.41, 5.74) is 2.90. The number of halogens is 2. The van der Waals surface area contributed by atoms with E-state index in [1.165, 1.54) is 46.5 Å². The number of imidazole rings is 1. The van der Waals surface area contributed by atoms with Crippen LogP contribution >= 0.6 is 11.3 Å². The molecule has 117 valence electrons. The van der Waals surface area contributed by atoms with Crippen molar-refractivity contribution >= 4 is 21.6 Å². The van der Waals surface area contributed by atoms with Crippen LogP contribution in [0.5, 0.6) is 0 Å². The summed E-state index contributed by atoms with van der Waals surface area (Å²) >= 11 is 1.49. The fraction of sp³-hybridized carbons (Fsp3) is 0. The van der Waals surface area contributed by atoms with E-state index in [2.05, 4.69) is 16.0 Å². The number of para-hydroxylation sites is 1. The Bertz CT molecular complexity index is 960. The van der Waals surface area contributed by atoms with Gasteiger partial charge in [0, 0.05) is 38.0 Å². The minimum atomic E-state index is -0.648. The van der Waals surface area contributed by atoms with E-state index in [9.17, 15) is 8.78 Å². The number of benzene rings is 2. The molecule has 0 bridgehead atoms. The first kappa shape index (κ1) is 15.9. The number of aromatic nitrogens is 3. The van der Waals surface area contributed by atoms with Gasteiger partial charge in [-0.2, -0.15) is 0 Å². The van der Waals surface area contributed by atoms with Crippen molar-refractivity contribution in [2.24, 2.45) is 0 Å². The van der Waals surface area contributed by atoms with Crippen LogP contribution in [-0.4, -0.2) is 14.5 Å². The molecule has 0 aliphatic carbocycles. The second-order valence-electron chi connectivity index (χ2n) is 4.61. The molecule has 0 aliphatic rings. The second kappa shape index (κ2) is 6.28. The first-order valence-corrected chi connectivity index (χ1v) is 7.35. The molecule has 0 aliphatic heterocycles. The van der Waals surface area contributed by atoms with Crippen LogP contribution in [0.15, 0.2) is 48.2 Å². The van der Waals surface area contributed by atoms with Crippen molar-refractivity contribution in [1.29, 1.82) is 0 Å². The fourth-order valence-electron chi connectivity index (χ4n) is 2.39. The smallest absolute Gasteiger partial charge is 0.149 e. The van der Waals surface area contributed by atoms with Crippen LogP contribution in [0.1, 0.15) is 0 Å². The molecule has 2 heterocycles. The molecule has 0 fully saturated rings. The summed E-state index contributed by atoms with van der Waals surface area (Å²) in [4.78, 5) is 8.54. The van der Waals surface area contributed by atoms with Gasteiger partial charge in [-0.05, 0) is 16.8 Å². The van der Waals surface area contributed by atoms with Gasteiger partial charge in [-0.15, -0.1) is 29.5 Å². The van der Waals surface area contributed by atoms with E-state index in [1.54, 1.807) is 11.6 Å². The summed E-state index contributed by atoms with van der Waals surface area (Å²) in [5.74, 6) is -0.894. The maximum absolute atomic E-state index is 14.1. The molecule has 0 amide bonds. The van der Waals surface area contributed by atoms with Crippen LogP contribution in [0, 0.1) is 17.7 Å². The first-order chi connectivity index (χ1) is 10.8. The fourth-order valence-corrected chi connectivity index (χ4v) is 3.07. The molecule has 23 heavy (non-hydrogen) atoms. The SMILES string of the molecule is Fc1cccc(F)c1-n1ccnc1-c1[c-]ccc2scnc12.[Ir]. The van der Waals surface area contributed by atoms with Gasteiger partial charge < -0.3 is 4.57 Å². The molecule has 3 nitrogen and oxygen atoms in total. The summed E-state index contributed by atoms with van der Waals surface area (Å²) in [7, 11) is 0. The normalized spacial score (nSPS) is 10.7. The van der Waals surface area contributed by atoms with Gasteiger partial charge in [-0.3, -0.25) is 9.97 Å². The molecule has 1 radical (unpaired) electrons. The van der Waals surface area contributed by atoms with Crippen LogP contribution < -0.4 is 0 Å². The third-order valence-electron chi connectivity index (χ3n) is 3.34. The molecule has 0 saturated heterocycles. The maximum Gasteiger partial charge on any atom is 0.149 e. The Labute approximate surface area is 148 Å². The number of hydrogen-bond acceptors (Lipinski definition) is 3. The van der Waals surface area contributed by atoms with Gasteiger partial charge in [0.2, 0.25) is 0 Å². The van der Waals surface area contributed by atoms with E-state index in [4.69, 9.17) is 0 Å². The van der Waals surface area contributed by atoms with E-state index in [0.29, 0.717) is 11.4 Å². The molecule has 0 N–H and O–H groups in total. The predicted molar refractivity (Wildman–Crippen MR) is 80.9 cm³/mol. The van der Waals surface area contributed by atoms with Gasteiger partial charge in [-0.1, -0.05) is 11.6 Å². The van der Waals surface area contributed by atoms with Gasteiger partial charge in [0.25, 0.3) is 0 Å². The molecular formula is C16H8F2IrN3S-. The van der Waals surface area contributed by atoms with Crippen molar-refractivity contribution in [3.8, 4) is 17.1 Å². The monoisotopic (exact) mass is 505 g/mol. The van der Waals surface area contributed by atoms with Crippen LogP contribution in [0.4, 0.5) is 8.78 Å². The van der Waals surface area contributed by atoms with Crippen molar-refractivity contribution < 1.29 is 28.9 Å². The van der Waals surface area contributed by atoms with Crippen molar-refractivity contribution in [3.63, 3.8) is 0 Å². The molecule has 7 heteroatoms. The molecule has 0 atom stereocenters. The first-order valence-electron chi connectivity index (χ1n) is 6.47. The minimum Gasteiger partial charge on any atom is -0.335 e. The molecule has 0 saturated carbocycles. The van der Waals surface area contributed by atoms with Crippen LogP contribution in [0.2, 0.25) is 0 Å². The summed E-state index contributed by atoms with van der Waals surface area (Å²) < 4.78 is 30.5. The van der Waals surface area contributed by atoms with E-state index < -0.39 is 11.6 Å². The predicted octanol–water partition coefficient (Wildman–Crippen LogP) is 4.22. The van der Waals surface area contributed by atoms with Crippen LogP contribution in [0.25, 0.3) is 27.3 Å². The van der Waals surface area contributed by atoms with Crippen LogP contribution in [0.3, 0.4) is 0 Å². The quantitative estimate of drug-likeness (QED) is 0.383. The second-order valence-corrected chi connectivity index (χ2v) is 5.50. The number of thiazole rings is 1. The number of fused-ring (bicyclic) bond motifs is 1. The molecule has 2 aromatic heterocycles. The zero-order valence-corrected chi connectivity index (χ0v) is 14.7. The molecule has 4 rings (SSSR count). The van der Waals surface area contributed by atoms with Gasteiger partial charge in [0.15, 0.2) is 0 Å². The molecule has 0 unspecified atom stereocenters. The Morgan fingerprint density at radius 1 is 1.09 bits per heavy atom. The molecule has 4 aromatic rings. The summed E-state index contributed by atoms with van der Waals surface area (Å²) in [6.07, 6.45) is 3.02. The standard InChI is InChI=1S/C16H8F2N3S.Ir/c17-11-4-2-5-12(18)15(11)21-8-7-19-16(21)10-3-1-6-13-14(10)20-9-22-13;/h1-2,4-9H;/q-1;. The Morgan fingerprint density at radius 3 is 2.65 bits per heavy atom. The Morgan fingerprint density at radius 2 is 1.87 bits per heavy atom. The summed E-state index contributed by atoms with van der Waals surface area (Å²) in [6, 6.07) is 10.5. The van der Waals surface area contributed by atoms with Crippen molar-refractivity contribution in [1.82, 2.24) is 14.5 Å². The zero-order chi connectivity index (χ0) is 15.1. The van der Waals surface area contributed by atoms with E-state index in [0.717, 1.165) is 10.2 Å². The van der Waals surface area contributed by atoms with Gasteiger partial charge >= 0.3 is 0 Å². The molecule has 2 aromatic carbocycles. The topological polar surface area (TPSA) is 30.7 Å².